The summed E-state index contributed by atoms with van der Waals surface area (Å²) in [5.74, 6) is 1.04. The molecule has 1 atom stereocenters. The Labute approximate surface area is 119 Å². The summed E-state index contributed by atoms with van der Waals surface area (Å²) >= 11 is 0. The molecule has 0 amide bonds. The molecule has 0 spiro atoms. The number of furan rings is 1. The number of carbonyl (C=O) groups is 1. The second-order valence-corrected chi connectivity index (χ2v) is 6.21. The van der Waals surface area contributed by atoms with E-state index in [4.69, 9.17) is 9.52 Å². The zero-order valence-electron chi connectivity index (χ0n) is 11.8. The minimum absolute atomic E-state index is 0.110. The van der Waals surface area contributed by atoms with Crippen LogP contribution in [-0.4, -0.2) is 17.6 Å². The first-order valence-electron chi connectivity index (χ1n) is 7.76. The van der Waals surface area contributed by atoms with E-state index in [1.54, 1.807) is 6.26 Å². The van der Waals surface area contributed by atoms with E-state index in [0.717, 1.165) is 44.4 Å². The summed E-state index contributed by atoms with van der Waals surface area (Å²) in [6, 6.07) is 2.52. The highest BCUT2D eigenvalue weighted by molar-refractivity contribution is 5.69. The molecule has 110 valence electrons. The molecule has 4 nitrogen and oxygen atoms in total. The highest BCUT2D eigenvalue weighted by Gasteiger charge is 2.27. The van der Waals surface area contributed by atoms with Gasteiger partial charge in [-0.25, -0.2) is 0 Å². The van der Waals surface area contributed by atoms with Crippen molar-refractivity contribution in [2.75, 3.05) is 6.54 Å². The van der Waals surface area contributed by atoms with Crippen molar-refractivity contribution in [3.05, 3.63) is 23.7 Å². The Morgan fingerprint density at radius 3 is 2.85 bits per heavy atom. The molecule has 0 aliphatic heterocycles. The predicted molar refractivity (Wildman–Crippen MR) is 75.5 cm³/mol. The van der Waals surface area contributed by atoms with Gasteiger partial charge in [-0.1, -0.05) is 0 Å². The Balaban J connectivity index is 1.48. The fourth-order valence-corrected chi connectivity index (χ4v) is 3.62. The molecular weight excluding hydrogens is 254 g/mol. The summed E-state index contributed by atoms with van der Waals surface area (Å²) in [5, 5.41) is 12.7. The molecule has 1 fully saturated rings. The van der Waals surface area contributed by atoms with E-state index in [1.807, 2.05) is 0 Å². The summed E-state index contributed by atoms with van der Waals surface area (Å²) in [4.78, 5) is 10.9. The number of rotatable bonds is 4. The number of hydrogen-bond donors (Lipinski definition) is 2. The minimum Gasteiger partial charge on any atom is -0.481 e. The van der Waals surface area contributed by atoms with Gasteiger partial charge in [0.1, 0.15) is 5.76 Å². The van der Waals surface area contributed by atoms with Gasteiger partial charge in [0.2, 0.25) is 0 Å². The highest BCUT2D eigenvalue weighted by atomic mass is 16.4. The van der Waals surface area contributed by atoms with Gasteiger partial charge >= 0.3 is 5.97 Å². The summed E-state index contributed by atoms with van der Waals surface area (Å²) in [6.07, 6.45) is 8.96. The number of carboxylic acids is 1. The second-order valence-electron chi connectivity index (χ2n) is 6.21. The number of aliphatic carboxylic acids is 1. The van der Waals surface area contributed by atoms with Crippen molar-refractivity contribution < 1.29 is 14.3 Å². The van der Waals surface area contributed by atoms with Gasteiger partial charge in [0.15, 0.2) is 0 Å². The van der Waals surface area contributed by atoms with Crippen molar-refractivity contribution in [3.63, 3.8) is 0 Å². The first kappa shape index (κ1) is 13.7. The Hall–Kier alpha value is -1.29. The predicted octanol–water partition coefficient (Wildman–Crippen LogP) is 3.14. The van der Waals surface area contributed by atoms with E-state index in [2.05, 4.69) is 11.4 Å². The Morgan fingerprint density at radius 2 is 2.10 bits per heavy atom. The molecule has 0 bridgehead atoms. The van der Waals surface area contributed by atoms with Crippen LogP contribution in [0.4, 0.5) is 0 Å². The van der Waals surface area contributed by atoms with Gasteiger partial charge < -0.3 is 14.8 Å². The van der Waals surface area contributed by atoms with Gasteiger partial charge in [-0.3, -0.25) is 4.79 Å². The SMILES string of the molecule is O=C(O)C1CCC(CNC2CCCc3occc32)CC1. The van der Waals surface area contributed by atoms with Gasteiger partial charge in [-0.2, -0.15) is 0 Å². The van der Waals surface area contributed by atoms with E-state index in [0.29, 0.717) is 12.0 Å². The first-order chi connectivity index (χ1) is 9.74. The van der Waals surface area contributed by atoms with Gasteiger partial charge in [0, 0.05) is 18.0 Å². The van der Waals surface area contributed by atoms with Crippen molar-refractivity contribution in [1.82, 2.24) is 5.32 Å². The zero-order chi connectivity index (χ0) is 13.9. The summed E-state index contributed by atoms with van der Waals surface area (Å²) < 4.78 is 5.51. The molecule has 3 rings (SSSR count). The molecule has 1 saturated carbocycles. The normalized spacial score (nSPS) is 29.9. The zero-order valence-corrected chi connectivity index (χ0v) is 11.8. The molecule has 2 N–H and O–H groups in total. The van der Waals surface area contributed by atoms with Crippen LogP contribution < -0.4 is 5.32 Å². The minimum atomic E-state index is -0.619. The molecule has 1 unspecified atom stereocenters. The second kappa shape index (κ2) is 6.00. The van der Waals surface area contributed by atoms with Crippen molar-refractivity contribution in [1.29, 1.82) is 0 Å². The molecule has 1 aromatic heterocycles. The maximum atomic E-state index is 10.9. The highest BCUT2D eigenvalue weighted by Crippen LogP contribution is 2.32. The third-order valence-electron chi connectivity index (χ3n) is 4.90. The van der Waals surface area contributed by atoms with E-state index < -0.39 is 5.97 Å². The van der Waals surface area contributed by atoms with Crippen LogP contribution in [-0.2, 0) is 11.2 Å². The van der Waals surface area contributed by atoms with Gasteiger partial charge in [0.25, 0.3) is 0 Å². The van der Waals surface area contributed by atoms with E-state index in [-0.39, 0.29) is 5.92 Å². The number of aryl methyl sites for hydroxylation is 1. The molecular formula is C16H23NO3. The van der Waals surface area contributed by atoms with Crippen molar-refractivity contribution in [3.8, 4) is 0 Å². The van der Waals surface area contributed by atoms with Crippen LogP contribution in [0.1, 0.15) is 55.9 Å². The molecule has 0 saturated heterocycles. The van der Waals surface area contributed by atoms with Crippen molar-refractivity contribution >= 4 is 5.97 Å². The standard InChI is InChI=1S/C16H23NO3/c18-16(19)12-6-4-11(5-7-12)10-17-14-2-1-3-15-13(14)8-9-20-15/h8-9,11-12,14,17H,1-7,10H2,(H,18,19). The van der Waals surface area contributed by atoms with E-state index in [1.165, 1.54) is 18.4 Å². The number of nitrogens with one attached hydrogen (secondary N) is 1. The number of carboxylic acid groups (broad SMARTS) is 1. The number of hydrogen-bond acceptors (Lipinski definition) is 3. The van der Waals surface area contributed by atoms with Crippen molar-refractivity contribution in [2.24, 2.45) is 11.8 Å². The lowest BCUT2D eigenvalue weighted by atomic mass is 9.81. The molecule has 20 heavy (non-hydrogen) atoms. The van der Waals surface area contributed by atoms with Crippen LogP contribution in [0.15, 0.2) is 16.7 Å². The lowest BCUT2D eigenvalue weighted by molar-refractivity contribution is -0.143. The third kappa shape index (κ3) is 2.90. The summed E-state index contributed by atoms with van der Waals surface area (Å²) in [6.45, 7) is 1.00. The Kier molecular flexibility index (Phi) is 4.10. The Morgan fingerprint density at radius 1 is 1.30 bits per heavy atom. The van der Waals surface area contributed by atoms with Gasteiger partial charge in [0.05, 0.1) is 12.2 Å². The maximum Gasteiger partial charge on any atom is 0.306 e. The largest absolute Gasteiger partial charge is 0.481 e. The molecule has 4 heteroatoms. The summed E-state index contributed by atoms with van der Waals surface area (Å²) in [7, 11) is 0. The fraction of sp³-hybridized carbons (Fsp3) is 0.688. The molecule has 0 aromatic carbocycles. The molecule has 1 heterocycles. The monoisotopic (exact) mass is 277 g/mol. The first-order valence-corrected chi connectivity index (χ1v) is 7.76. The average Bonchev–Trinajstić information content (AvgIpc) is 2.94. The van der Waals surface area contributed by atoms with E-state index >= 15 is 0 Å². The van der Waals surface area contributed by atoms with Crippen LogP contribution in [0.25, 0.3) is 0 Å². The maximum absolute atomic E-state index is 10.9. The smallest absolute Gasteiger partial charge is 0.306 e. The lowest BCUT2D eigenvalue weighted by Gasteiger charge is -2.29. The topological polar surface area (TPSA) is 62.5 Å². The van der Waals surface area contributed by atoms with Gasteiger partial charge in [-0.15, -0.1) is 0 Å². The van der Waals surface area contributed by atoms with Crippen LogP contribution >= 0.6 is 0 Å². The van der Waals surface area contributed by atoms with Gasteiger partial charge in [-0.05, 0) is 57.1 Å². The van der Waals surface area contributed by atoms with Crippen LogP contribution in [0.3, 0.4) is 0 Å². The molecule has 2 aliphatic carbocycles. The molecule has 0 radical (unpaired) electrons. The summed E-state index contributed by atoms with van der Waals surface area (Å²) in [5.41, 5.74) is 1.33. The van der Waals surface area contributed by atoms with Crippen LogP contribution in [0, 0.1) is 11.8 Å². The third-order valence-corrected chi connectivity index (χ3v) is 4.90. The average molecular weight is 277 g/mol. The number of fused-ring (bicyclic) bond motifs is 1. The van der Waals surface area contributed by atoms with Crippen LogP contribution in [0.2, 0.25) is 0 Å². The van der Waals surface area contributed by atoms with E-state index in [9.17, 15) is 4.79 Å². The molecule has 1 aromatic rings. The fourth-order valence-electron chi connectivity index (χ4n) is 3.62. The lowest BCUT2D eigenvalue weighted by Crippen LogP contribution is -2.32. The molecule has 2 aliphatic rings. The quantitative estimate of drug-likeness (QED) is 0.887. The van der Waals surface area contributed by atoms with Crippen molar-refractivity contribution in [2.45, 2.75) is 51.0 Å². The van der Waals surface area contributed by atoms with Crippen LogP contribution in [0.5, 0.6) is 0 Å². The Bertz CT molecular complexity index is 460.